The third kappa shape index (κ3) is 2.59. The third-order valence-electron chi connectivity index (χ3n) is 3.38. The van der Waals surface area contributed by atoms with E-state index in [-0.39, 0.29) is 12.1 Å². The van der Waals surface area contributed by atoms with Crippen molar-refractivity contribution in [2.75, 3.05) is 19.8 Å². The molecular formula is C14H17N3O2. The number of nitrogens with one attached hydrogen (secondary N) is 1. The van der Waals surface area contributed by atoms with Gasteiger partial charge in [0.25, 0.3) is 0 Å². The largest absolute Gasteiger partial charge is 0.376 e. The first-order chi connectivity index (χ1) is 9.38. The van der Waals surface area contributed by atoms with Crippen LogP contribution in [-0.4, -0.2) is 30.9 Å². The molecule has 2 aromatic rings. The van der Waals surface area contributed by atoms with Crippen LogP contribution in [-0.2, 0) is 9.47 Å². The van der Waals surface area contributed by atoms with Gasteiger partial charge in [0.1, 0.15) is 6.10 Å². The molecule has 2 atom stereocenters. The molecule has 1 saturated heterocycles. The van der Waals surface area contributed by atoms with Gasteiger partial charge in [0.15, 0.2) is 0 Å². The highest BCUT2D eigenvalue weighted by Crippen LogP contribution is 2.24. The molecule has 3 rings (SSSR count). The number of ether oxygens (including phenoxy) is 2. The summed E-state index contributed by atoms with van der Waals surface area (Å²) in [5, 5.41) is 1.09. The van der Waals surface area contributed by atoms with Crippen molar-refractivity contribution >= 4 is 10.9 Å². The Balaban J connectivity index is 1.91. The molecule has 5 nitrogen and oxygen atoms in total. The highest BCUT2D eigenvalue weighted by atomic mass is 16.6. The Bertz CT molecular complexity index is 555. The number of hydrazine groups is 1. The van der Waals surface area contributed by atoms with Crippen LogP contribution in [0.5, 0.6) is 0 Å². The fourth-order valence-electron chi connectivity index (χ4n) is 2.40. The monoisotopic (exact) mass is 259 g/mol. The van der Waals surface area contributed by atoms with Gasteiger partial charge in [0, 0.05) is 11.6 Å². The van der Waals surface area contributed by atoms with Crippen LogP contribution in [0.1, 0.15) is 11.6 Å². The van der Waals surface area contributed by atoms with Crippen molar-refractivity contribution < 1.29 is 9.47 Å². The van der Waals surface area contributed by atoms with E-state index in [0.29, 0.717) is 19.8 Å². The van der Waals surface area contributed by atoms with E-state index in [0.717, 1.165) is 16.5 Å². The van der Waals surface area contributed by atoms with E-state index in [2.05, 4.69) is 16.5 Å². The van der Waals surface area contributed by atoms with Crippen molar-refractivity contribution in [1.29, 1.82) is 0 Å². The molecule has 0 radical (unpaired) electrons. The first kappa shape index (κ1) is 12.5. The number of aromatic nitrogens is 1. The van der Waals surface area contributed by atoms with Crippen LogP contribution < -0.4 is 11.3 Å². The van der Waals surface area contributed by atoms with Crippen molar-refractivity contribution in [3.8, 4) is 0 Å². The summed E-state index contributed by atoms with van der Waals surface area (Å²) in [6.45, 7) is 1.81. The molecule has 0 saturated carbocycles. The van der Waals surface area contributed by atoms with Crippen molar-refractivity contribution in [2.24, 2.45) is 5.84 Å². The van der Waals surface area contributed by atoms with E-state index in [1.165, 1.54) is 0 Å². The minimum atomic E-state index is -0.0788. The predicted octanol–water partition coefficient (Wildman–Crippen LogP) is 1.15. The lowest BCUT2D eigenvalue weighted by Crippen LogP contribution is -2.43. The van der Waals surface area contributed by atoms with Gasteiger partial charge in [-0.1, -0.05) is 12.1 Å². The van der Waals surface area contributed by atoms with E-state index >= 15 is 0 Å². The molecule has 2 unspecified atom stereocenters. The molecule has 5 heteroatoms. The summed E-state index contributed by atoms with van der Waals surface area (Å²) in [7, 11) is 0. The maximum Gasteiger partial charge on any atom is 0.102 e. The summed E-state index contributed by atoms with van der Waals surface area (Å²) in [4.78, 5) is 4.31. The van der Waals surface area contributed by atoms with Gasteiger partial charge < -0.3 is 9.47 Å². The van der Waals surface area contributed by atoms with Crippen molar-refractivity contribution in [3.63, 3.8) is 0 Å². The van der Waals surface area contributed by atoms with E-state index in [4.69, 9.17) is 15.3 Å². The lowest BCUT2D eigenvalue weighted by molar-refractivity contribution is -0.102. The molecule has 1 aliphatic heterocycles. The Morgan fingerprint density at radius 2 is 2.26 bits per heavy atom. The Morgan fingerprint density at radius 1 is 1.32 bits per heavy atom. The zero-order chi connectivity index (χ0) is 13.1. The van der Waals surface area contributed by atoms with E-state index in [1.807, 2.05) is 24.3 Å². The van der Waals surface area contributed by atoms with Gasteiger partial charge in [-0.25, -0.2) is 0 Å². The Morgan fingerprint density at radius 3 is 3.05 bits per heavy atom. The van der Waals surface area contributed by atoms with Crippen LogP contribution in [0.4, 0.5) is 0 Å². The highest BCUT2D eigenvalue weighted by molar-refractivity contribution is 5.79. The highest BCUT2D eigenvalue weighted by Gasteiger charge is 2.25. The average Bonchev–Trinajstić information content (AvgIpc) is 2.49. The molecule has 1 aliphatic rings. The number of hydrogen-bond donors (Lipinski definition) is 2. The second-order valence-electron chi connectivity index (χ2n) is 4.58. The summed E-state index contributed by atoms with van der Waals surface area (Å²) in [5.41, 5.74) is 4.88. The summed E-state index contributed by atoms with van der Waals surface area (Å²) in [6, 6.07) is 10.0. The zero-order valence-corrected chi connectivity index (χ0v) is 10.6. The predicted molar refractivity (Wildman–Crippen MR) is 72.4 cm³/mol. The molecule has 1 aromatic heterocycles. The number of hydrogen-bond acceptors (Lipinski definition) is 5. The van der Waals surface area contributed by atoms with Crippen LogP contribution in [0.3, 0.4) is 0 Å². The Labute approximate surface area is 111 Å². The molecule has 0 bridgehead atoms. The van der Waals surface area contributed by atoms with Gasteiger partial charge in [0.05, 0.1) is 31.4 Å². The summed E-state index contributed by atoms with van der Waals surface area (Å²) in [5.74, 6) is 5.68. The summed E-state index contributed by atoms with van der Waals surface area (Å²) >= 11 is 0. The molecule has 0 aliphatic carbocycles. The number of fused-ring (bicyclic) bond motifs is 1. The maximum absolute atomic E-state index is 5.71. The van der Waals surface area contributed by atoms with Gasteiger partial charge in [-0.15, -0.1) is 0 Å². The SMILES string of the molecule is NNC(c1ccc2ncccc2c1)C1COCCO1. The van der Waals surface area contributed by atoms with Crippen molar-refractivity contribution in [1.82, 2.24) is 10.4 Å². The van der Waals surface area contributed by atoms with Crippen LogP contribution in [0.25, 0.3) is 10.9 Å². The van der Waals surface area contributed by atoms with Gasteiger partial charge in [-0.3, -0.25) is 16.3 Å². The van der Waals surface area contributed by atoms with E-state index in [1.54, 1.807) is 6.20 Å². The normalized spacial score (nSPS) is 21.4. The molecule has 3 N–H and O–H groups in total. The topological polar surface area (TPSA) is 69.4 Å². The molecule has 100 valence electrons. The minimum absolute atomic E-state index is 0.0622. The van der Waals surface area contributed by atoms with Crippen LogP contribution >= 0.6 is 0 Å². The lowest BCUT2D eigenvalue weighted by Gasteiger charge is -2.30. The first-order valence-electron chi connectivity index (χ1n) is 6.38. The van der Waals surface area contributed by atoms with Crippen LogP contribution in [0.15, 0.2) is 36.5 Å². The second-order valence-corrected chi connectivity index (χ2v) is 4.58. The van der Waals surface area contributed by atoms with E-state index < -0.39 is 0 Å². The van der Waals surface area contributed by atoms with Gasteiger partial charge in [-0.05, 0) is 23.8 Å². The molecule has 2 heterocycles. The Kier molecular flexibility index (Phi) is 3.70. The van der Waals surface area contributed by atoms with Crippen molar-refractivity contribution in [3.05, 3.63) is 42.1 Å². The third-order valence-corrected chi connectivity index (χ3v) is 3.38. The van der Waals surface area contributed by atoms with Gasteiger partial charge in [0.2, 0.25) is 0 Å². The van der Waals surface area contributed by atoms with Gasteiger partial charge in [-0.2, -0.15) is 0 Å². The number of nitrogens with two attached hydrogens (primary N) is 1. The van der Waals surface area contributed by atoms with Gasteiger partial charge >= 0.3 is 0 Å². The van der Waals surface area contributed by atoms with E-state index in [9.17, 15) is 0 Å². The second kappa shape index (κ2) is 5.63. The van der Waals surface area contributed by atoms with Crippen LogP contribution in [0.2, 0.25) is 0 Å². The molecule has 1 fully saturated rings. The fourth-order valence-corrected chi connectivity index (χ4v) is 2.40. The minimum Gasteiger partial charge on any atom is -0.376 e. The smallest absolute Gasteiger partial charge is 0.102 e. The molecule has 19 heavy (non-hydrogen) atoms. The zero-order valence-electron chi connectivity index (χ0n) is 10.6. The lowest BCUT2D eigenvalue weighted by atomic mass is 10.00. The molecule has 1 aromatic carbocycles. The maximum atomic E-state index is 5.71. The quantitative estimate of drug-likeness (QED) is 0.639. The summed E-state index contributed by atoms with van der Waals surface area (Å²) in [6.07, 6.45) is 1.73. The first-order valence-corrected chi connectivity index (χ1v) is 6.38. The molecule has 0 spiro atoms. The summed E-state index contributed by atoms with van der Waals surface area (Å²) < 4.78 is 11.2. The van der Waals surface area contributed by atoms with Crippen molar-refractivity contribution in [2.45, 2.75) is 12.1 Å². The molecule has 0 amide bonds. The number of pyridine rings is 1. The fraction of sp³-hybridized carbons (Fsp3) is 0.357. The molecular weight excluding hydrogens is 242 g/mol. The standard InChI is InChI=1S/C14H17N3O2/c15-17-14(13-9-18-6-7-19-13)11-3-4-12-10(8-11)2-1-5-16-12/h1-5,8,13-14,17H,6-7,9,15H2. The number of benzene rings is 1. The average molecular weight is 259 g/mol. The van der Waals surface area contributed by atoms with Crippen LogP contribution in [0, 0.1) is 0 Å². The number of nitrogens with zero attached hydrogens (tertiary/aromatic N) is 1. The Hall–Kier alpha value is -1.53. The number of rotatable bonds is 3.